The summed E-state index contributed by atoms with van der Waals surface area (Å²) in [6.07, 6.45) is 5.05. The summed E-state index contributed by atoms with van der Waals surface area (Å²) >= 11 is 1.31. The summed E-state index contributed by atoms with van der Waals surface area (Å²) in [5, 5.41) is 8.77. The van der Waals surface area contributed by atoms with Crippen LogP contribution in [0.5, 0.6) is 0 Å². The van der Waals surface area contributed by atoms with Gasteiger partial charge in [-0.15, -0.1) is 10.2 Å². The highest BCUT2D eigenvalue weighted by Crippen LogP contribution is 2.28. The van der Waals surface area contributed by atoms with Gasteiger partial charge in [-0.2, -0.15) is 0 Å². The Labute approximate surface area is 149 Å². The minimum atomic E-state index is -0.388. The number of carbonyl (C=O) groups excluding carboxylic acids is 1. The summed E-state index contributed by atoms with van der Waals surface area (Å²) in [7, 11) is 0. The molecule has 0 amide bonds. The monoisotopic (exact) mass is 358 g/mol. The molecule has 0 saturated carbocycles. The van der Waals surface area contributed by atoms with E-state index in [-0.39, 0.29) is 11.2 Å². The molecule has 1 atom stereocenters. The second-order valence-corrected chi connectivity index (χ2v) is 6.53. The molecule has 0 aliphatic heterocycles. The molecule has 0 saturated heterocycles. The zero-order chi connectivity index (χ0) is 17.6. The number of nitrogens with zero attached hydrogens (tertiary/aromatic N) is 4. The molecule has 0 bridgehead atoms. The van der Waals surface area contributed by atoms with E-state index < -0.39 is 0 Å². The van der Waals surface area contributed by atoms with Crippen LogP contribution >= 0.6 is 11.8 Å². The first kappa shape index (κ1) is 17.2. The molecule has 1 unspecified atom stereocenters. The second kappa shape index (κ2) is 7.98. The molecule has 0 spiro atoms. The molecule has 0 radical (unpaired) electrons. The maximum absolute atomic E-state index is 11.9. The molecule has 0 fully saturated rings. The number of aromatic nitrogens is 4. The Hall–Kier alpha value is -2.61. The van der Waals surface area contributed by atoms with E-state index in [0.717, 1.165) is 11.3 Å². The lowest BCUT2D eigenvalue weighted by atomic mass is 10.2. The van der Waals surface area contributed by atoms with Gasteiger partial charge >= 0.3 is 5.97 Å². The molecule has 3 rings (SSSR count). The molecule has 0 aromatic carbocycles. The van der Waals surface area contributed by atoms with Crippen molar-refractivity contribution in [3.05, 3.63) is 48.7 Å². The third-order valence-electron chi connectivity index (χ3n) is 3.43. The van der Waals surface area contributed by atoms with Crippen molar-refractivity contribution >= 4 is 17.7 Å². The third-order valence-corrected chi connectivity index (χ3v) is 4.49. The summed E-state index contributed by atoms with van der Waals surface area (Å²) in [5.74, 6) is 1.17. The van der Waals surface area contributed by atoms with Gasteiger partial charge in [-0.1, -0.05) is 11.8 Å². The van der Waals surface area contributed by atoms with E-state index in [2.05, 4.69) is 15.2 Å². The van der Waals surface area contributed by atoms with Crippen molar-refractivity contribution in [1.29, 1.82) is 0 Å². The molecule has 25 heavy (non-hydrogen) atoms. The van der Waals surface area contributed by atoms with E-state index in [9.17, 15) is 4.79 Å². The van der Waals surface area contributed by atoms with Crippen LogP contribution < -0.4 is 0 Å². The van der Waals surface area contributed by atoms with Crippen LogP contribution in [0.15, 0.2) is 52.5 Å². The van der Waals surface area contributed by atoms with Crippen LogP contribution in [0.1, 0.15) is 19.6 Å². The largest absolute Gasteiger partial charge is 0.467 e. The van der Waals surface area contributed by atoms with E-state index >= 15 is 0 Å². The van der Waals surface area contributed by atoms with Gasteiger partial charge in [0.1, 0.15) is 11.0 Å². The van der Waals surface area contributed by atoms with Gasteiger partial charge < -0.3 is 9.15 Å². The lowest BCUT2D eigenvalue weighted by molar-refractivity contribution is -0.142. The Morgan fingerprint density at radius 3 is 2.92 bits per heavy atom. The number of thioether (sulfide) groups is 1. The third kappa shape index (κ3) is 4.08. The van der Waals surface area contributed by atoms with Crippen LogP contribution in [0.2, 0.25) is 0 Å². The smallest absolute Gasteiger partial charge is 0.319 e. The first-order valence-corrected chi connectivity index (χ1v) is 8.76. The van der Waals surface area contributed by atoms with E-state index in [1.807, 2.05) is 28.8 Å². The predicted molar refractivity (Wildman–Crippen MR) is 93.0 cm³/mol. The molecular formula is C17H18N4O3S. The number of pyridine rings is 1. The second-order valence-electron chi connectivity index (χ2n) is 5.23. The highest BCUT2D eigenvalue weighted by atomic mass is 32.2. The van der Waals surface area contributed by atoms with Crippen molar-refractivity contribution in [3.8, 4) is 11.4 Å². The maximum Gasteiger partial charge on any atom is 0.319 e. The van der Waals surface area contributed by atoms with Crippen molar-refractivity contribution in [1.82, 2.24) is 19.7 Å². The normalized spacial score (nSPS) is 12.1. The lowest BCUT2D eigenvalue weighted by Crippen LogP contribution is -2.17. The Kier molecular flexibility index (Phi) is 5.49. The highest BCUT2D eigenvalue weighted by molar-refractivity contribution is 8.00. The predicted octanol–water partition coefficient (Wildman–Crippen LogP) is 3.03. The first-order chi connectivity index (χ1) is 12.2. The standard InChI is InChI=1S/C17H18N4O3S/c1-3-23-16(22)12(2)25-17-20-19-15(13-6-4-8-18-10-13)21(17)11-14-7-5-9-24-14/h4-10,12H,3,11H2,1-2H3. The molecule has 3 aromatic rings. The average Bonchev–Trinajstić information content (AvgIpc) is 3.27. The number of rotatable bonds is 7. The molecular weight excluding hydrogens is 340 g/mol. The molecule has 130 valence electrons. The van der Waals surface area contributed by atoms with Crippen LogP contribution in [0, 0.1) is 0 Å². The van der Waals surface area contributed by atoms with Gasteiger partial charge in [0.15, 0.2) is 11.0 Å². The Morgan fingerprint density at radius 2 is 2.24 bits per heavy atom. The van der Waals surface area contributed by atoms with Gasteiger partial charge in [-0.25, -0.2) is 0 Å². The molecule has 0 aliphatic rings. The van der Waals surface area contributed by atoms with E-state index in [1.165, 1.54) is 11.8 Å². The zero-order valence-corrected chi connectivity index (χ0v) is 14.8. The van der Waals surface area contributed by atoms with E-state index in [4.69, 9.17) is 9.15 Å². The number of carbonyl (C=O) groups is 1. The van der Waals surface area contributed by atoms with Crippen LogP contribution in [0.25, 0.3) is 11.4 Å². The minimum absolute atomic E-state index is 0.275. The fourth-order valence-corrected chi connectivity index (χ4v) is 3.10. The Bertz CT molecular complexity index is 818. The Morgan fingerprint density at radius 1 is 1.36 bits per heavy atom. The quantitative estimate of drug-likeness (QED) is 0.474. The summed E-state index contributed by atoms with van der Waals surface area (Å²) < 4.78 is 12.4. The van der Waals surface area contributed by atoms with Crippen molar-refractivity contribution < 1.29 is 13.9 Å². The van der Waals surface area contributed by atoms with Crippen LogP contribution in [-0.4, -0.2) is 37.6 Å². The number of esters is 1. The van der Waals surface area contributed by atoms with Crippen molar-refractivity contribution in [3.63, 3.8) is 0 Å². The molecule has 3 heterocycles. The zero-order valence-electron chi connectivity index (χ0n) is 14.0. The fourth-order valence-electron chi connectivity index (χ4n) is 2.25. The topological polar surface area (TPSA) is 83.0 Å². The van der Waals surface area contributed by atoms with Crippen molar-refractivity contribution in [2.45, 2.75) is 30.8 Å². The van der Waals surface area contributed by atoms with Gasteiger partial charge in [-0.3, -0.25) is 14.3 Å². The molecule has 7 nitrogen and oxygen atoms in total. The van der Waals surface area contributed by atoms with Gasteiger partial charge in [0, 0.05) is 18.0 Å². The minimum Gasteiger partial charge on any atom is -0.467 e. The van der Waals surface area contributed by atoms with Gasteiger partial charge in [0.2, 0.25) is 0 Å². The molecule has 0 aliphatic carbocycles. The van der Waals surface area contributed by atoms with Gasteiger partial charge in [-0.05, 0) is 38.1 Å². The number of ether oxygens (including phenoxy) is 1. The fraction of sp³-hybridized carbons (Fsp3) is 0.294. The summed E-state index contributed by atoms with van der Waals surface area (Å²) in [6.45, 7) is 4.39. The first-order valence-electron chi connectivity index (χ1n) is 7.88. The summed E-state index contributed by atoms with van der Waals surface area (Å²) in [5.41, 5.74) is 0.845. The average molecular weight is 358 g/mol. The number of hydrogen-bond acceptors (Lipinski definition) is 7. The van der Waals surface area contributed by atoms with Gasteiger partial charge in [0.05, 0.1) is 19.4 Å². The maximum atomic E-state index is 11.9. The summed E-state index contributed by atoms with van der Waals surface area (Å²) in [6, 6.07) is 7.47. The van der Waals surface area contributed by atoms with Gasteiger partial charge in [0.25, 0.3) is 0 Å². The van der Waals surface area contributed by atoms with Crippen LogP contribution in [-0.2, 0) is 16.1 Å². The van der Waals surface area contributed by atoms with Crippen molar-refractivity contribution in [2.24, 2.45) is 0 Å². The molecule has 0 N–H and O–H groups in total. The Balaban J connectivity index is 1.92. The van der Waals surface area contributed by atoms with Crippen molar-refractivity contribution in [2.75, 3.05) is 6.61 Å². The summed E-state index contributed by atoms with van der Waals surface area (Å²) in [4.78, 5) is 16.1. The van der Waals surface area contributed by atoms with Crippen LogP contribution in [0.3, 0.4) is 0 Å². The van der Waals surface area contributed by atoms with Crippen LogP contribution in [0.4, 0.5) is 0 Å². The number of furan rings is 1. The van der Waals surface area contributed by atoms with E-state index in [0.29, 0.717) is 24.1 Å². The number of hydrogen-bond donors (Lipinski definition) is 0. The highest BCUT2D eigenvalue weighted by Gasteiger charge is 2.22. The van der Waals surface area contributed by atoms with E-state index in [1.54, 1.807) is 32.5 Å². The SMILES string of the molecule is CCOC(=O)C(C)Sc1nnc(-c2cccnc2)n1Cc1ccco1. The molecule has 8 heteroatoms. The molecule has 3 aromatic heterocycles. The lowest BCUT2D eigenvalue weighted by Gasteiger charge is -2.12.